The van der Waals surface area contributed by atoms with E-state index in [1.165, 1.54) is 30.4 Å². The summed E-state index contributed by atoms with van der Waals surface area (Å²) < 4.78 is 0. The summed E-state index contributed by atoms with van der Waals surface area (Å²) in [7, 11) is 0. The first kappa shape index (κ1) is 12.4. The van der Waals surface area contributed by atoms with E-state index in [1.54, 1.807) is 0 Å². The van der Waals surface area contributed by atoms with E-state index >= 15 is 0 Å². The summed E-state index contributed by atoms with van der Waals surface area (Å²) in [5.74, 6) is -0.670. The minimum absolute atomic E-state index is 0.156. The van der Waals surface area contributed by atoms with Gasteiger partial charge in [-0.1, -0.05) is 24.6 Å². The van der Waals surface area contributed by atoms with Gasteiger partial charge in [-0.15, -0.1) is 0 Å². The second-order valence-electron chi connectivity index (χ2n) is 5.94. The third kappa shape index (κ3) is 2.18. The van der Waals surface area contributed by atoms with Crippen molar-refractivity contribution in [3.63, 3.8) is 0 Å². The zero-order valence-corrected chi connectivity index (χ0v) is 10.9. The summed E-state index contributed by atoms with van der Waals surface area (Å²) >= 11 is 0. The van der Waals surface area contributed by atoms with Crippen LogP contribution in [0.15, 0.2) is 23.3 Å². The molecule has 1 N–H and O–H groups in total. The van der Waals surface area contributed by atoms with Crippen LogP contribution < -0.4 is 0 Å². The predicted molar refractivity (Wildman–Crippen MR) is 68.8 cm³/mol. The van der Waals surface area contributed by atoms with Crippen LogP contribution in [0.3, 0.4) is 0 Å². The van der Waals surface area contributed by atoms with E-state index in [9.17, 15) is 4.79 Å². The standard InChI is InChI=1S/C15H22O2/c1-10-5-4-7-15(3)8-6-12(9-13(10)15)11(2)14(16)17/h12H,2,4-9H2,1,3H3,(H,16,17)/t12-,15+/m1/s1. The van der Waals surface area contributed by atoms with Crippen LogP contribution in [0.4, 0.5) is 0 Å². The number of fused-ring (bicyclic) bond motifs is 1. The van der Waals surface area contributed by atoms with Crippen molar-refractivity contribution in [2.24, 2.45) is 11.3 Å². The highest BCUT2D eigenvalue weighted by molar-refractivity contribution is 5.86. The number of carboxylic acids is 1. The molecule has 2 aliphatic carbocycles. The Balaban J connectivity index is 2.22. The monoisotopic (exact) mass is 234 g/mol. The highest BCUT2D eigenvalue weighted by atomic mass is 16.4. The topological polar surface area (TPSA) is 37.3 Å². The summed E-state index contributed by atoms with van der Waals surface area (Å²) in [5.41, 5.74) is 3.78. The Hall–Kier alpha value is -1.05. The average molecular weight is 234 g/mol. The molecule has 0 radical (unpaired) electrons. The summed E-state index contributed by atoms with van der Waals surface area (Å²) in [5, 5.41) is 9.04. The second kappa shape index (κ2) is 4.32. The quantitative estimate of drug-likeness (QED) is 0.580. The number of hydrogen-bond donors (Lipinski definition) is 1. The Morgan fingerprint density at radius 3 is 2.82 bits per heavy atom. The van der Waals surface area contributed by atoms with E-state index in [4.69, 9.17) is 5.11 Å². The molecule has 0 amide bonds. The summed E-state index contributed by atoms with van der Waals surface area (Å²) in [6, 6.07) is 0. The van der Waals surface area contributed by atoms with Crippen LogP contribution in [0.5, 0.6) is 0 Å². The van der Waals surface area contributed by atoms with Gasteiger partial charge in [0.25, 0.3) is 0 Å². The SMILES string of the molecule is C=C(C(=O)O)[C@@H]1CC[C@]2(C)CCCC(C)=C2C1. The lowest BCUT2D eigenvalue weighted by Gasteiger charge is -2.44. The first-order valence-corrected chi connectivity index (χ1v) is 6.55. The molecule has 0 bridgehead atoms. The van der Waals surface area contributed by atoms with Crippen LogP contribution in [0.25, 0.3) is 0 Å². The number of rotatable bonds is 2. The largest absolute Gasteiger partial charge is 0.478 e. The van der Waals surface area contributed by atoms with Crippen LogP contribution in [0.1, 0.15) is 52.4 Å². The minimum Gasteiger partial charge on any atom is -0.478 e. The summed E-state index contributed by atoms with van der Waals surface area (Å²) in [6.07, 6.45) is 6.78. The van der Waals surface area contributed by atoms with Gasteiger partial charge in [0.1, 0.15) is 0 Å². The molecule has 2 atom stereocenters. The molecule has 0 saturated heterocycles. The molecule has 2 rings (SSSR count). The average Bonchev–Trinajstić information content (AvgIpc) is 2.27. The zero-order valence-electron chi connectivity index (χ0n) is 10.9. The molecule has 0 aromatic rings. The van der Waals surface area contributed by atoms with Gasteiger partial charge in [0, 0.05) is 5.57 Å². The molecule has 0 unspecified atom stereocenters. The van der Waals surface area contributed by atoms with Crippen LogP contribution in [-0.2, 0) is 4.79 Å². The number of carboxylic acid groups (broad SMARTS) is 1. The molecular formula is C15H22O2. The van der Waals surface area contributed by atoms with E-state index < -0.39 is 5.97 Å². The van der Waals surface area contributed by atoms with E-state index in [0.717, 1.165) is 19.3 Å². The van der Waals surface area contributed by atoms with Crippen molar-refractivity contribution in [3.05, 3.63) is 23.3 Å². The highest BCUT2D eigenvalue weighted by Gasteiger charge is 2.39. The van der Waals surface area contributed by atoms with Gasteiger partial charge in [-0.25, -0.2) is 4.79 Å². The van der Waals surface area contributed by atoms with Crippen molar-refractivity contribution in [1.29, 1.82) is 0 Å². The van der Waals surface area contributed by atoms with E-state index in [0.29, 0.717) is 11.0 Å². The molecule has 2 heteroatoms. The maximum Gasteiger partial charge on any atom is 0.331 e. The predicted octanol–water partition coefficient (Wildman–Crippen LogP) is 3.93. The number of allylic oxidation sites excluding steroid dienone is 2. The Labute approximate surface area is 103 Å². The van der Waals surface area contributed by atoms with Crippen molar-refractivity contribution in [3.8, 4) is 0 Å². The van der Waals surface area contributed by atoms with Gasteiger partial charge in [-0.05, 0) is 56.8 Å². The molecule has 0 aromatic carbocycles. The third-order valence-corrected chi connectivity index (χ3v) is 4.79. The molecule has 0 aromatic heterocycles. The molecule has 1 saturated carbocycles. The van der Waals surface area contributed by atoms with Gasteiger partial charge in [-0.3, -0.25) is 0 Å². The normalized spacial score (nSPS) is 33.2. The van der Waals surface area contributed by atoms with Gasteiger partial charge < -0.3 is 5.11 Å². The molecule has 0 aliphatic heterocycles. The Morgan fingerprint density at radius 1 is 1.47 bits per heavy atom. The first-order chi connectivity index (χ1) is 7.94. The van der Waals surface area contributed by atoms with Gasteiger partial charge in [0.05, 0.1) is 0 Å². The lowest BCUT2D eigenvalue weighted by Crippen LogP contribution is -2.32. The lowest BCUT2D eigenvalue weighted by atomic mass is 9.61. The summed E-state index contributed by atoms with van der Waals surface area (Å²) in [4.78, 5) is 11.0. The maximum atomic E-state index is 11.0. The first-order valence-electron chi connectivity index (χ1n) is 6.55. The second-order valence-corrected chi connectivity index (χ2v) is 5.94. The lowest BCUT2D eigenvalue weighted by molar-refractivity contribution is -0.133. The molecule has 94 valence electrons. The number of carbonyl (C=O) groups is 1. The molecule has 2 nitrogen and oxygen atoms in total. The fourth-order valence-electron chi connectivity index (χ4n) is 3.57. The van der Waals surface area contributed by atoms with Crippen LogP contribution >= 0.6 is 0 Å². The third-order valence-electron chi connectivity index (χ3n) is 4.79. The fourth-order valence-corrected chi connectivity index (χ4v) is 3.57. The Kier molecular flexibility index (Phi) is 3.15. The minimum atomic E-state index is -0.826. The molecule has 17 heavy (non-hydrogen) atoms. The highest BCUT2D eigenvalue weighted by Crippen LogP contribution is 2.51. The molecular weight excluding hydrogens is 212 g/mol. The zero-order chi connectivity index (χ0) is 12.6. The van der Waals surface area contributed by atoms with Crippen molar-refractivity contribution in [2.45, 2.75) is 52.4 Å². The van der Waals surface area contributed by atoms with Gasteiger partial charge in [0.15, 0.2) is 0 Å². The molecule has 0 heterocycles. The van der Waals surface area contributed by atoms with Crippen LogP contribution in [0, 0.1) is 11.3 Å². The van der Waals surface area contributed by atoms with Gasteiger partial charge >= 0.3 is 5.97 Å². The van der Waals surface area contributed by atoms with E-state index in [-0.39, 0.29) is 5.92 Å². The van der Waals surface area contributed by atoms with Crippen molar-refractivity contribution >= 4 is 5.97 Å². The maximum absolute atomic E-state index is 11.0. The van der Waals surface area contributed by atoms with E-state index in [2.05, 4.69) is 20.4 Å². The number of hydrogen-bond acceptors (Lipinski definition) is 1. The fraction of sp³-hybridized carbons (Fsp3) is 0.667. The molecule has 0 spiro atoms. The van der Waals surface area contributed by atoms with E-state index in [1.807, 2.05) is 0 Å². The van der Waals surface area contributed by atoms with Crippen LogP contribution in [0.2, 0.25) is 0 Å². The molecule has 1 fully saturated rings. The van der Waals surface area contributed by atoms with Crippen molar-refractivity contribution in [1.82, 2.24) is 0 Å². The van der Waals surface area contributed by atoms with Gasteiger partial charge in [0.2, 0.25) is 0 Å². The Bertz CT molecular complexity index is 392. The summed E-state index contributed by atoms with van der Waals surface area (Å²) in [6.45, 7) is 8.31. The van der Waals surface area contributed by atoms with Gasteiger partial charge in [-0.2, -0.15) is 0 Å². The Morgan fingerprint density at radius 2 is 2.18 bits per heavy atom. The van der Waals surface area contributed by atoms with Crippen LogP contribution in [-0.4, -0.2) is 11.1 Å². The smallest absolute Gasteiger partial charge is 0.331 e. The van der Waals surface area contributed by atoms with Crippen molar-refractivity contribution in [2.75, 3.05) is 0 Å². The molecule has 2 aliphatic rings. The van der Waals surface area contributed by atoms with Crippen molar-refractivity contribution < 1.29 is 9.90 Å². The number of aliphatic carboxylic acids is 1.